The van der Waals surface area contributed by atoms with Crippen molar-refractivity contribution in [1.29, 1.82) is 0 Å². The molecule has 1 aromatic carbocycles. The number of nitrogen functional groups attached to an aromatic ring is 1. The van der Waals surface area contributed by atoms with Gasteiger partial charge in [0.25, 0.3) is 0 Å². The summed E-state index contributed by atoms with van der Waals surface area (Å²) in [5.41, 5.74) is 19.5. The topological polar surface area (TPSA) is 79.1 Å². The molecule has 1 saturated carbocycles. The Morgan fingerprint density at radius 2 is 1.88 bits per heavy atom. The van der Waals surface area contributed by atoms with Gasteiger partial charge in [-0.05, 0) is 62.1 Å². The summed E-state index contributed by atoms with van der Waals surface area (Å²) in [6.45, 7) is 14.4. The van der Waals surface area contributed by atoms with Gasteiger partial charge in [0.2, 0.25) is 0 Å². The van der Waals surface area contributed by atoms with Crippen LogP contribution in [0.2, 0.25) is 0 Å². The van der Waals surface area contributed by atoms with E-state index in [4.69, 9.17) is 16.2 Å². The summed E-state index contributed by atoms with van der Waals surface area (Å²) in [6.07, 6.45) is 7.72. The first kappa shape index (κ1) is 23.2. The van der Waals surface area contributed by atoms with E-state index in [0.29, 0.717) is 5.82 Å². The number of aryl methyl sites for hydroxylation is 1. The number of nitrogens with two attached hydrogens (primary N) is 2. The van der Waals surface area contributed by atoms with E-state index >= 15 is 0 Å². The first-order valence-corrected chi connectivity index (χ1v) is 11.1. The zero-order chi connectivity index (χ0) is 23.6. The Bertz CT molecular complexity index is 1390. The summed E-state index contributed by atoms with van der Waals surface area (Å²) >= 11 is 0. The molecular formula is C27H34N4O. The number of ether oxygens (including phenoxy) is 1. The molecule has 5 nitrogen and oxygen atoms in total. The number of hydrogen-bond donors (Lipinski definition) is 2. The van der Waals surface area contributed by atoms with Crippen LogP contribution >= 0.6 is 0 Å². The Labute approximate surface area is 190 Å². The van der Waals surface area contributed by atoms with E-state index in [0.717, 1.165) is 67.7 Å². The van der Waals surface area contributed by atoms with Crippen LogP contribution < -0.4 is 26.6 Å². The van der Waals surface area contributed by atoms with Gasteiger partial charge in [-0.2, -0.15) is 0 Å². The molecule has 2 aromatic heterocycles. The summed E-state index contributed by atoms with van der Waals surface area (Å²) in [5, 5.41) is 3.77. The van der Waals surface area contributed by atoms with Gasteiger partial charge in [-0.15, -0.1) is 0 Å². The van der Waals surface area contributed by atoms with Crippen LogP contribution in [0, 0.1) is 24.4 Å². The molecule has 32 heavy (non-hydrogen) atoms. The van der Waals surface area contributed by atoms with Gasteiger partial charge < -0.3 is 16.2 Å². The van der Waals surface area contributed by atoms with Gasteiger partial charge in [-0.1, -0.05) is 32.6 Å². The number of anilines is 1. The Morgan fingerprint density at radius 3 is 2.44 bits per heavy atom. The molecule has 0 bridgehead atoms. The van der Waals surface area contributed by atoms with E-state index in [2.05, 4.69) is 42.1 Å². The highest BCUT2D eigenvalue weighted by molar-refractivity contribution is 5.79. The summed E-state index contributed by atoms with van der Waals surface area (Å²) < 4.78 is 7.71. The van der Waals surface area contributed by atoms with Gasteiger partial charge in [-0.3, -0.25) is 9.55 Å². The third-order valence-corrected chi connectivity index (χ3v) is 5.88. The number of hydrogen-bond acceptors (Lipinski definition) is 4. The van der Waals surface area contributed by atoms with Crippen molar-refractivity contribution < 1.29 is 4.74 Å². The first-order valence-electron chi connectivity index (χ1n) is 11.1. The van der Waals surface area contributed by atoms with Gasteiger partial charge in [-0.25, -0.2) is 0 Å². The van der Waals surface area contributed by atoms with E-state index in [-0.39, 0.29) is 0 Å². The van der Waals surface area contributed by atoms with Gasteiger partial charge in [0.05, 0.1) is 18.1 Å². The van der Waals surface area contributed by atoms with Crippen molar-refractivity contribution in [3.63, 3.8) is 0 Å². The summed E-state index contributed by atoms with van der Waals surface area (Å²) in [7, 11) is 1.68. The molecule has 0 radical (unpaired) electrons. The molecule has 4 N–H and O–H groups in total. The summed E-state index contributed by atoms with van der Waals surface area (Å²) in [4.78, 5) is 4.37. The second kappa shape index (κ2) is 9.35. The fourth-order valence-electron chi connectivity index (χ4n) is 4.20. The Kier molecular flexibility index (Phi) is 6.78. The molecule has 2 heterocycles. The molecule has 0 atom stereocenters. The Morgan fingerprint density at radius 1 is 1.19 bits per heavy atom. The van der Waals surface area contributed by atoms with Crippen LogP contribution in [-0.2, 0) is 0 Å². The van der Waals surface area contributed by atoms with Crippen LogP contribution in [0.1, 0.15) is 50.3 Å². The van der Waals surface area contributed by atoms with Gasteiger partial charge >= 0.3 is 0 Å². The van der Waals surface area contributed by atoms with E-state index in [1.165, 1.54) is 5.57 Å². The van der Waals surface area contributed by atoms with Crippen LogP contribution in [0.3, 0.4) is 0 Å². The maximum Gasteiger partial charge on any atom is 0.123 e. The molecule has 0 saturated heterocycles. The van der Waals surface area contributed by atoms with Crippen molar-refractivity contribution in [2.24, 2.45) is 5.73 Å². The predicted octanol–water partition coefficient (Wildman–Crippen LogP) is 4.07. The third kappa shape index (κ3) is 3.79. The minimum Gasteiger partial charge on any atom is -0.496 e. The maximum atomic E-state index is 6.84. The standard InChI is InChI=1S/C25H28N4O.C2H6/c1-6-18-21(22(26)17-8-9-17)25(27)29(24(18)19-13-28-12-11-14(19)2)23-15(3)7-10-20(30-5)16(23)4;1-2/h6-7,10-13H,2,8-9,26-27H2,1,3-5H3;1-2H3/b18-6-,24-19+;. The van der Waals surface area contributed by atoms with Crippen molar-refractivity contribution in [1.82, 2.24) is 9.55 Å². The highest BCUT2D eigenvalue weighted by Crippen LogP contribution is 2.36. The quantitative estimate of drug-likeness (QED) is 0.657. The number of methoxy groups -OCH3 is 1. The molecule has 4 rings (SSSR count). The predicted molar refractivity (Wildman–Crippen MR) is 135 cm³/mol. The average Bonchev–Trinajstić information content (AvgIpc) is 3.60. The Balaban J connectivity index is 0.00000141. The third-order valence-electron chi connectivity index (χ3n) is 5.88. The molecule has 5 heteroatoms. The highest BCUT2D eigenvalue weighted by atomic mass is 16.5. The molecule has 1 fully saturated rings. The van der Waals surface area contributed by atoms with Gasteiger partial charge in [0.1, 0.15) is 11.6 Å². The molecule has 1 aliphatic carbocycles. The van der Waals surface area contributed by atoms with Crippen LogP contribution in [-0.4, -0.2) is 16.7 Å². The van der Waals surface area contributed by atoms with Crippen molar-refractivity contribution in [2.75, 3.05) is 12.8 Å². The fraction of sp³-hybridized carbons (Fsp3) is 0.296. The molecule has 3 aromatic rings. The minimum absolute atomic E-state index is 0.623. The second-order valence-corrected chi connectivity index (χ2v) is 7.75. The monoisotopic (exact) mass is 430 g/mol. The summed E-state index contributed by atoms with van der Waals surface area (Å²) in [5.74, 6) is 1.44. The van der Waals surface area contributed by atoms with E-state index in [9.17, 15) is 0 Å². The fourth-order valence-corrected chi connectivity index (χ4v) is 4.20. The van der Waals surface area contributed by atoms with E-state index in [1.807, 2.05) is 39.1 Å². The maximum absolute atomic E-state index is 6.84. The molecule has 0 aliphatic heterocycles. The van der Waals surface area contributed by atoms with E-state index in [1.54, 1.807) is 13.3 Å². The summed E-state index contributed by atoms with van der Waals surface area (Å²) in [6, 6.07) is 5.95. The van der Waals surface area contributed by atoms with Crippen LogP contribution in [0.4, 0.5) is 5.82 Å². The van der Waals surface area contributed by atoms with Crippen molar-refractivity contribution in [3.8, 4) is 11.4 Å². The minimum atomic E-state index is 0.623. The zero-order valence-electron chi connectivity index (χ0n) is 20.0. The number of rotatable bonds is 3. The Hall–Kier alpha value is -3.47. The molecule has 168 valence electrons. The number of pyridine rings is 1. The van der Waals surface area contributed by atoms with Crippen molar-refractivity contribution in [2.45, 2.75) is 47.5 Å². The largest absolute Gasteiger partial charge is 0.496 e. The second-order valence-electron chi connectivity index (χ2n) is 7.75. The lowest BCUT2D eigenvalue weighted by atomic mass is 10.1. The van der Waals surface area contributed by atoms with Crippen molar-refractivity contribution >= 4 is 24.2 Å². The van der Waals surface area contributed by atoms with Gasteiger partial charge in [0.15, 0.2) is 0 Å². The van der Waals surface area contributed by atoms with Gasteiger partial charge in [0, 0.05) is 39.7 Å². The molecule has 0 amide bonds. The van der Waals surface area contributed by atoms with Crippen LogP contribution in [0.15, 0.2) is 36.2 Å². The molecule has 0 unspecified atom stereocenters. The number of nitrogens with zero attached hydrogens (tertiary/aromatic N) is 2. The lowest BCUT2D eigenvalue weighted by Crippen LogP contribution is -2.14. The van der Waals surface area contributed by atoms with Crippen LogP contribution in [0.5, 0.6) is 5.75 Å². The molecule has 0 spiro atoms. The van der Waals surface area contributed by atoms with E-state index < -0.39 is 0 Å². The van der Waals surface area contributed by atoms with Crippen molar-refractivity contribution in [3.05, 3.63) is 73.9 Å². The number of allylic oxidation sites excluding steroid dienone is 1. The van der Waals surface area contributed by atoms with Crippen LogP contribution in [0.25, 0.3) is 24.0 Å². The SMILES string of the molecule is C=c1ccnc/c1=c1/c(=C\C)c(C(N)=C2CC2)c(N)n1-c1c(C)ccc(OC)c1C.CC. The average molecular weight is 431 g/mol. The smallest absolute Gasteiger partial charge is 0.123 e. The zero-order valence-corrected chi connectivity index (χ0v) is 20.0. The number of benzene rings is 1. The highest BCUT2D eigenvalue weighted by Gasteiger charge is 2.24. The lowest BCUT2D eigenvalue weighted by Gasteiger charge is -2.17. The number of aromatic nitrogens is 2. The molecular weight excluding hydrogens is 396 g/mol. The first-order chi connectivity index (χ1) is 15.4. The molecule has 1 aliphatic rings. The normalized spacial score (nSPS) is 14.1. The lowest BCUT2D eigenvalue weighted by molar-refractivity contribution is 0.411.